The first-order valence-electron chi connectivity index (χ1n) is 8.54. The first-order valence-corrected chi connectivity index (χ1v) is 8.54. The lowest BCUT2D eigenvalue weighted by molar-refractivity contribution is -0.134. The molecule has 0 spiro atoms. The number of hydrogen-bond acceptors (Lipinski definition) is 5. The lowest BCUT2D eigenvalue weighted by atomic mass is 10.1. The van der Waals surface area contributed by atoms with Gasteiger partial charge in [0, 0.05) is 57.5 Å². The van der Waals surface area contributed by atoms with Crippen molar-refractivity contribution in [1.82, 2.24) is 20.1 Å². The largest absolute Gasteiger partial charge is 0.354 e. The molecule has 126 valence electrons. The molecule has 1 aromatic heterocycles. The monoisotopic (exact) mass is 317 g/mol. The Morgan fingerprint density at radius 2 is 1.87 bits per heavy atom. The maximum atomic E-state index is 12.5. The summed E-state index contributed by atoms with van der Waals surface area (Å²) in [5.74, 6) is 1.29. The molecule has 3 rings (SSSR count). The molecular formula is C17H27N5O. The molecule has 0 aromatic carbocycles. The van der Waals surface area contributed by atoms with Gasteiger partial charge in [-0.05, 0) is 26.0 Å². The van der Waals surface area contributed by atoms with Crippen LogP contribution in [-0.4, -0.2) is 78.6 Å². The number of anilines is 1. The van der Waals surface area contributed by atoms with Gasteiger partial charge in [-0.2, -0.15) is 0 Å². The minimum absolute atomic E-state index is 0.261. The average Bonchev–Trinajstić information content (AvgIpc) is 2.55. The van der Waals surface area contributed by atoms with E-state index >= 15 is 0 Å². The van der Waals surface area contributed by atoms with Gasteiger partial charge in [-0.15, -0.1) is 0 Å². The lowest BCUT2D eigenvalue weighted by Crippen LogP contribution is -2.58. The molecule has 2 fully saturated rings. The molecule has 0 saturated carbocycles. The van der Waals surface area contributed by atoms with Gasteiger partial charge in [0.15, 0.2) is 0 Å². The van der Waals surface area contributed by atoms with Crippen LogP contribution in [0, 0.1) is 0 Å². The molecule has 6 heteroatoms. The van der Waals surface area contributed by atoms with Crippen LogP contribution >= 0.6 is 0 Å². The normalized spacial score (nSPS) is 26.3. The summed E-state index contributed by atoms with van der Waals surface area (Å²) in [6.07, 6.45) is 1.83. The topological polar surface area (TPSA) is 51.7 Å². The van der Waals surface area contributed by atoms with Crippen molar-refractivity contribution in [1.29, 1.82) is 0 Å². The minimum atomic E-state index is 0.261. The van der Waals surface area contributed by atoms with E-state index in [2.05, 4.69) is 33.9 Å². The molecule has 2 aliphatic rings. The smallest absolute Gasteiger partial charge is 0.236 e. The van der Waals surface area contributed by atoms with Crippen molar-refractivity contribution in [2.24, 2.45) is 0 Å². The highest BCUT2D eigenvalue weighted by Gasteiger charge is 2.27. The zero-order valence-corrected chi connectivity index (χ0v) is 14.1. The van der Waals surface area contributed by atoms with Crippen molar-refractivity contribution in [2.75, 3.05) is 50.7 Å². The third-order valence-electron chi connectivity index (χ3n) is 4.61. The van der Waals surface area contributed by atoms with Crippen LogP contribution in [0.5, 0.6) is 0 Å². The maximum Gasteiger partial charge on any atom is 0.236 e. The highest BCUT2D eigenvalue weighted by atomic mass is 16.2. The van der Waals surface area contributed by atoms with Crippen LogP contribution in [0.25, 0.3) is 0 Å². The first-order chi connectivity index (χ1) is 11.1. The number of piperazine rings is 2. The Bertz CT molecular complexity index is 505. The summed E-state index contributed by atoms with van der Waals surface area (Å²) in [5, 5.41) is 3.47. The molecule has 23 heavy (non-hydrogen) atoms. The maximum absolute atomic E-state index is 12.5. The first kappa shape index (κ1) is 16.2. The van der Waals surface area contributed by atoms with E-state index in [1.807, 2.05) is 29.3 Å². The van der Waals surface area contributed by atoms with Gasteiger partial charge in [0.2, 0.25) is 5.91 Å². The molecule has 0 bridgehead atoms. The van der Waals surface area contributed by atoms with Crippen LogP contribution in [0.1, 0.15) is 13.8 Å². The van der Waals surface area contributed by atoms with Gasteiger partial charge < -0.3 is 15.1 Å². The van der Waals surface area contributed by atoms with E-state index < -0.39 is 0 Å². The van der Waals surface area contributed by atoms with Crippen molar-refractivity contribution < 1.29 is 4.79 Å². The highest BCUT2D eigenvalue weighted by molar-refractivity contribution is 5.78. The molecule has 0 radical (unpaired) electrons. The van der Waals surface area contributed by atoms with Gasteiger partial charge in [-0.25, -0.2) is 4.98 Å². The molecule has 2 atom stereocenters. The summed E-state index contributed by atoms with van der Waals surface area (Å²) in [6, 6.07) is 6.76. The number of rotatable bonds is 3. The van der Waals surface area contributed by atoms with Crippen molar-refractivity contribution >= 4 is 11.7 Å². The van der Waals surface area contributed by atoms with E-state index in [1.54, 1.807) is 0 Å². The number of hydrogen-bond donors (Lipinski definition) is 1. The van der Waals surface area contributed by atoms with Crippen LogP contribution in [0.4, 0.5) is 5.82 Å². The van der Waals surface area contributed by atoms with Crippen molar-refractivity contribution in [2.45, 2.75) is 25.9 Å². The Morgan fingerprint density at radius 1 is 1.17 bits per heavy atom. The quantitative estimate of drug-likeness (QED) is 0.875. The second-order valence-corrected chi connectivity index (χ2v) is 6.72. The number of carbonyl (C=O) groups is 1. The number of nitrogens with zero attached hydrogens (tertiary/aromatic N) is 4. The summed E-state index contributed by atoms with van der Waals surface area (Å²) in [6.45, 7) is 10.1. The Morgan fingerprint density at radius 3 is 2.48 bits per heavy atom. The molecule has 0 aliphatic carbocycles. The molecule has 1 amide bonds. The van der Waals surface area contributed by atoms with Crippen LogP contribution in [0.2, 0.25) is 0 Å². The fraction of sp³-hybridized carbons (Fsp3) is 0.647. The van der Waals surface area contributed by atoms with E-state index in [9.17, 15) is 4.79 Å². The summed E-state index contributed by atoms with van der Waals surface area (Å²) in [5.41, 5.74) is 0. The van der Waals surface area contributed by atoms with Gasteiger partial charge >= 0.3 is 0 Å². The number of aromatic nitrogens is 1. The third-order valence-corrected chi connectivity index (χ3v) is 4.61. The second-order valence-electron chi connectivity index (χ2n) is 6.72. The lowest BCUT2D eigenvalue weighted by Gasteiger charge is -2.39. The third kappa shape index (κ3) is 4.20. The van der Waals surface area contributed by atoms with Gasteiger partial charge in [0.25, 0.3) is 0 Å². The fourth-order valence-corrected chi connectivity index (χ4v) is 3.50. The van der Waals surface area contributed by atoms with E-state index in [0.717, 1.165) is 45.1 Å². The second kappa shape index (κ2) is 7.27. The van der Waals surface area contributed by atoms with E-state index in [0.29, 0.717) is 18.6 Å². The average molecular weight is 317 g/mol. The van der Waals surface area contributed by atoms with Crippen molar-refractivity contribution in [3.05, 3.63) is 24.4 Å². The summed E-state index contributed by atoms with van der Waals surface area (Å²) < 4.78 is 0. The molecular weight excluding hydrogens is 290 g/mol. The zero-order valence-electron chi connectivity index (χ0n) is 14.1. The SMILES string of the molecule is C[C@@H]1CN(C(=O)CN2CCN(c3ccccn3)CC2)C[C@H](C)N1. The highest BCUT2D eigenvalue weighted by Crippen LogP contribution is 2.13. The van der Waals surface area contributed by atoms with Gasteiger partial charge in [0.05, 0.1) is 6.54 Å². The molecule has 0 unspecified atom stereocenters. The summed E-state index contributed by atoms with van der Waals surface area (Å²) >= 11 is 0. The summed E-state index contributed by atoms with van der Waals surface area (Å²) in [4.78, 5) is 23.5. The number of carbonyl (C=O) groups excluding carboxylic acids is 1. The predicted molar refractivity (Wildman–Crippen MR) is 91.5 cm³/mol. The number of nitrogens with one attached hydrogen (secondary N) is 1. The van der Waals surface area contributed by atoms with Crippen LogP contribution in [0.15, 0.2) is 24.4 Å². The minimum Gasteiger partial charge on any atom is -0.354 e. The molecule has 1 N–H and O–H groups in total. The van der Waals surface area contributed by atoms with Gasteiger partial charge in [-0.1, -0.05) is 6.07 Å². The standard InChI is InChI=1S/C17H27N5O/c1-14-11-22(12-15(2)19-14)17(23)13-20-7-9-21(10-8-20)16-5-3-4-6-18-16/h3-6,14-15,19H,7-13H2,1-2H3/t14-,15+. The van der Waals surface area contributed by atoms with Crippen LogP contribution in [0.3, 0.4) is 0 Å². The van der Waals surface area contributed by atoms with E-state index in [4.69, 9.17) is 0 Å². The molecule has 2 aliphatic heterocycles. The Hall–Kier alpha value is -1.66. The van der Waals surface area contributed by atoms with Crippen LogP contribution in [-0.2, 0) is 4.79 Å². The predicted octanol–water partition coefficient (Wildman–Crippen LogP) is 0.412. The number of amides is 1. The molecule has 6 nitrogen and oxygen atoms in total. The number of pyridine rings is 1. The van der Waals surface area contributed by atoms with Crippen molar-refractivity contribution in [3.63, 3.8) is 0 Å². The van der Waals surface area contributed by atoms with Gasteiger partial charge in [-0.3, -0.25) is 9.69 Å². The van der Waals surface area contributed by atoms with Crippen molar-refractivity contribution in [3.8, 4) is 0 Å². The van der Waals surface area contributed by atoms with E-state index in [-0.39, 0.29) is 5.91 Å². The Kier molecular flexibility index (Phi) is 5.13. The Balaban J connectivity index is 1.48. The van der Waals surface area contributed by atoms with Crippen LogP contribution < -0.4 is 10.2 Å². The Labute approximate surface area is 138 Å². The molecule has 3 heterocycles. The van der Waals surface area contributed by atoms with E-state index in [1.165, 1.54) is 0 Å². The summed E-state index contributed by atoms with van der Waals surface area (Å²) in [7, 11) is 0. The van der Waals surface area contributed by atoms with Gasteiger partial charge in [0.1, 0.15) is 5.82 Å². The molecule has 1 aromatic rings. The molecule has 2 saturated heterocycles. The fourth-order valence-electron chi connectivity index (χ4n) is 3.50. The zero-order chi connectivity index (χ0) is 16.2.